The van der Waals surface area contributed by atoms with Crippen LogP contribution in [0.2, 0.25) is 5.02 Å². The van der Waals surface area contributed by atoms with E-state index in [9.17, 15) is 8.42 Å². The molecule has 4 rings (SSSR count). The maximum Gasteiger partial charge on any atom is 0.267 e. The zero-order valence-corrected chi connectivity index (χ0v) is 19.1. The Kier molecular flexibility index (Phi) is 7.37. The second-order valence-electron chi connectivity index (χ2n) is 7.54. The van der Waals surface area contributed by atoms with Crippen LogP contribution < -0.4 is 5.32 Å². The number of halogens is 1. The van der Waals surface area contributed by atoms with Crippen LogP contribution in [0.5, 0.6) is 0 Å². The van der Waals surface area contributed by atoms with E-state index < -0.39 is 10.0 Å². The Hall–Kier alpha value is -2.11. The maximum absolute atomic E-state index is 13.0. The predicted molar refractivity (Wildman–Crippen MR) is 120 cm³/mol. The zero-order valence-electron chi connectivity index (χ0n) is 17.5. The molecular weight excluding hydrogens is 454 g/mol. The van der Waals surface area contributed by atoms with E-state index in [4.69, 9.17) is 26.2 Å². The molecule has 32 heavy (non-hydrogen) atoms. The summed E-state index contributed by atoms with van der Waals surface area (Å²) in [7, 11) is -2.60. The van der Waals surface area contributed by atoms with Crippen molar-refractivity contribution in [2.75, 3.05) is 20.2 Å². The summed E-state index contributed by atoms with van der Waals surface area (Å²) in [6, 6.07) is 14.3. The number of fused-ring (bicyclic) bond motifs is 1. The molecule has 1 aliphatic heterocycles. The van der Waals surface area contributed by atoms with Crippen LogP contribution in [0.3, 0.4) is 0 Å². The summed E-state index contributed by atoms with van der Waals surface area (Å²) in [5.74, 6) is 0. The molecule has 3 aromatic rings. The zero-order chi connectivity index (χ0) is 22.6. The minimum Gasteiger partial charge on any atom is -0.375 e. The first kappa shape index (κ1) is 23.1. The summed E-state index contributed by atoms with van der Waals surface area (Å²) in [5.41, 5.74) is 1.04. The minimum atomic E-state index is -3.91. The van der Waals surface area contributed by atoms with Crippen molar-refractivity contribution >= 4 is 32.4 Å². The summed E-state index contributed by atoms with van der Waals surface area (Å²) in [6.07, 6.45) is 3.51. The number of ether oxygens (including phenoxy) is 1. The number of hydroxylamine groups is 1. The fourth-order valence-electron chi connectivity index (χ4n) is 3.50. The first-order valence-corrected chi connectivity index (χ1v) is 12.0. The van der Waals surface area contributed by atoms with Gasteiger partial charge in [-0.3, -0.25) is 4.98 Å². The first-order chi connectivity index (χ1) is 15.4. The number of nitrogens with one attached hydrogen (secondary N) is 1. The van der Waals surface area contributed by atoms with Gasteiger partial charge in [0, 0.05) is 47.8 Å². The molecule has 1 aliphatic rings. The van der Waals surface area contributed by atoms with Gasteiger partial charge < -0.3 is 10.1 Å². The molecule has 10 heteroatoms. The lowest BCUT2D eigenvalue weighted by Gasteiger charge is -2.18. The molecule has 2 atom stereocenters. The van der Waals surface area contributed by atoms with E-state index in [-0.39, 0.29) is 17.0 Å². The summed E-state index contributed by atoms with van der Waals surface area (Å²) < 4.78 is 32.4. The molecular formula is C22H24ClN3O5S. The van der Waals surface area contributed by atoms with Crippen LogP contribution in [0.15, 0.2) is 65.8 Å². The quantitative estimate of drug-likeness (QED) is 0.373. The number of benzene rings is 2. The number of hydrogen-bond acceptors (Lipinski definition) is 7. The van der Waals surface area contributed by atoms with E-state index in [1.165, 1.54) is 13.1 Å². The van der Waals surface area contributed by atoms with Crippen LogP contribution in [0.4, 0.5) is 0 Å². The van der Waals surface area contributed by atoms with Crippen molar-refractivity contribution < 1.29 is 23.0 Å². The van der Waals surface area contributed by atoms with Gasteiger partial charge in [-0.2, -0.15) is 0 Å². The van der Waals surface area contributed by atoms with Crippen molar-refractivity contribution in [3.8, 4) is 0 Å². The third-order valence-electron chi connectivity index (χ3n) is 5.22. The van der Waals surface area contributed by atoms with Gasteiger partial charge in [0.25, 0.3) is 10.0 Å². The topological polar surface area (TPSA) is 90.0 Å². The molecule has 0 saturated carbocycles. The van der Waals surface area contributed by atoms with Gasteiger partial charge >= 0.3 is 0 Å². The fourth-order valence-corrected chi connectivity index (χ4v) is 4.73. The number of rotatable bonds is 9. The van der Waals surface area contributed by atoms with Gasteiger partial charge in [-0.15, -0.1) is 4.99 Å². The minimum absolute atomic E-state index is 0.0865. The van der Waals surface area contributed by atoms with E-state index >= 15 is 0 Å². The Labute approximate surface area is 192 Å². The normalized spacial score (nSPS) is 19.1. The summed E-state index contributed by atoms with van der Waals surface area (Å²) in [6.45, 7) is 1.52. The van der Waals surface area contributed by atoms with Gasteiger partial charge in [0.05, 0.1) is 18.1 Å². The van der Waals surface area contributed by atoms with E-state index in [2.05, 4.69) is 10.3 Å². The Bertz CT molecular complexity index is 1150. The van der Waals surface area contributed by atoms with Crippen LogP contribution >= 0.6 is 11.6 Å². The standard InChI is InChI=1S/C22H24ClN3O5S/c1-26(32(27,28)22-4-2-3-17-12-24-10-9-21(17)22)31-30-20-11-19(25-13-20)15-29-14-16-5-7-18(23)8-6-16/h2-10,12,19-20,25H,11,13-15H2,1H3/t19-,20+/m0/s1. The molecule has 0 amide bonds. The van der Waals surface area contributed by atoms with Gasteiger partial charge in [-0.1, -0.05) is 35.9 Å². The van der Waals surface area contributed by atoms with Crippen molar-refractivity contribution in [3.63, 3.8) is 0 Å². The monoisotopic (exact) mass is 477 g/mol. The van der Waals surface area contributed by atoms with Crippen molar-refractivity contribution in [2.24, 2.45) is 0 Å². The number of hydrogen-bond donors (Lipinski definition) is 1. The second-order valence-corrected chi connectivity index (χ2v) is 9.88. The summed E-state index contributed by atoms with van der Waals surface area (Å²) in [4.78, 5) is 14.7. The molecule has 2 aromatic carbocycles. The average molecular weight is 478 g/mol. The highest BCUT2D eigenvalue weighted by atomic mass is 35.5. The van der Waals surface area contributed by atoms with E-state index in [0.717, 1.165) is 15.4 Å². The van der Waals surface area contributed by atoms with Gasteiger partial charge in [0.15, 0.2) is 0 Å². The lowest BCUT2D eigenvalue weighted by molar-refractivity contribution is -0.406. The molecule has 0 radical (unpaired) electrons. The van der Waals surface area contributed by atoms with Gasteiger partial charge in [0.1, 0.15) is 6.10 Å². The highest BCUT2D eigenvalue weighted by Crippen LogP contribution is 2.25. The molecule has 0 spiro atoms. The molecule has 1 saturated heterocycles. The predicted octanol–water partition coefficient (Wildman–Crippen LogP) is 3.32. The summed E-state index contributed by atoms with van der Waals surface area (Å²) >= 11 is 5.89. The van der Waals surface area contributed by atoms with E-state index in [1.54, 1.807) is 30.6 Å². The molecule has 0 aliphatic carbocycles. The second kappa shape index (κ2) is 10.2. The number of pyridine rings is 1. The number of aromatic nitrogens is 1. The van der Waals surface area contributed by atoms with Crippen molar-refractivity contribution in [1.29, 1.82) is 0 Å². The largest absolute Gasteiger partial charge is 0.375 e. The Morgan fingerprint density at radius 3 is 2.81 bits per heavy atom. The molecule has 0 bridgehead atoms. The Morgan fingerprint density at radius 2 is 2.00 bits per heavy atom. The average Bonchev–Trinajstić information content (AvgIpc) is 3.26. The van der Waals surface area contributed by atoms with Crippen molar-refractivity contribution in [1.82, 2.24) is 14.8 Å². The molecule has 8 nitrogen and oxygen atoms in total. The first-order valence-electron chi connectivity index (χ1n) is 10.1. The van der Waals surface area contributed by atoms with Crippen molar-refractivity contribution in [2.45, 2.75) is 30.1 Å². The van der Waals surface area contributed by atoms with Crippen LogP contribution in [-0.2, 0) is 31.2 Å². The van der Waals surface area contributed by atoms with Crippen LogP contribution in [0, 0.1) is 0 Å². The Balaban J connectivity index is 1.27. The molecule has 170 valence electrons. The Morgan fingerprint density at radius 1 is 1.19 bits per heavy atom. The fraction of sp³-hybridized carbons (Fsp3) is 0.318. The van der Waals surface area contributed by atoms with Gasteiger partial charge in [0.2, 0.25) is 0 Å². The summed E-state index contributed by atoms with van der Waals surface area (Å²) in [5, 5.41) is 5.28. The van der Waals surface area contributed by atoms with Gasteiger partial charge in [-0.25, -0.2) is 13.3 Å². The van der Waals surface area contributed by atoms with Crippen LogP contribution in [-0.4, -0.2) is 50.2 Å². The SMILES string of the molecule is CN(OO[C@H]1CN[C@H](COCc2ccc(Cl)cc2)C1)S(=O)(=O)c1cccc2cnccc12. The van der Waals surface area contributed by atoms with E-state index in [1.807, 2.05) is 24.3 Å². The lowest BCUT2D eigenvalue weighted by atomic mass is 10.2. The molecule has 2 heterocycles. The maximum atomic E-state index is 13.0. The molecule has 0 unspecified atom stereocenters. The molecule has 1 aromatic heterocycles. The van der Waals surface area contributed by atoms with Crippen LogP contribution in [0.1, 0.15) is 12.0 Å². The van der Waals surface area contributed by atoms with E-state index in [0.29, 0.717) is 36.6 Å². The third kappa shape index (κ3) is 5.44. The number of sulfonamides is 1. The van der Waals surface area contributed by atoms with Gasteiger partial charge in [-0.05, 0) is 40.7 Å². The molecule has 1 fully saturated rings. The lowest BCUT2D eigenvalue weighted by Crippen LogP contribution is -2.30. The van der Waals surface area contributed by atoms with Crippen molar-refractivity contribution in [3.05, 3.63) is 71.5 Å². The number of nitrogens with zero attached hydrogens (tertiary/aromatic N) is 2. The third-order valence-corrected chi connectivity index (χ3v) is 7.13. The smallest absolute Gasteiger partial charge is 0.267 e. The highest BCUT2D eigenvalue weighted by molar-refractivity contribution is 7.89. The molecule has 1 N–H and O–H groups in total. The highest BCUT2D eigenvalue weighted by Gasteiger charge is 2.29. The van der Waals surface area contributed by atoms with Crippen LogP contribution in [0.25, 0.3) is 10.8 Å².